The number of halogens is 1. The van der Waals surface area contributed by atoms with Crippen LogP contribution in [0.3, 0.4) is 0 Å². The maximum Gasteiger partial charge on any atom is 0.245 e. The molecule has 32 heavy (non-hydrogen) atoms. The third-order valence-corrected chi connectivity index (χ3v) is 10.3. The fourth-order valence-corrected chi connectivity index (χ4v) is 8.12. The molecule has 5 fully saturated rings. The molecule has 5 saturated carbocycles. The zero-order valence-corrected chi connectivity index (χ0v) is 19.0. The molecule has 174 valence electrons. The summed E-state index contributed by atoms with van der Waals surface area (Å²) in [7, 11) is -2.64. The molecule has 9 heteroatoms. The number of nitrogens with zero attached hydrogens (tertiary/aromatic N) is 1. The van der Waals surface area contributed by atoms with Crippen molar-refractivity contribution in [2.45, 2.75) is 55.9 Å². The number of primary amides is 1. The first-order chi connectivity index (χ1) is 15.1. The van der Waals surface area contributed by atoms with Crippen LogP contribution in [0.4, 0.5) is 4.39 Å². The Bertz CT molecular complexity index is 1050. The van der Waals surface area contributed by atoms with Crippen molar-refractivity contribution in [3.05, 3.63) is 30.1 Å². The van der Waals surface area contributed by atoms with Crippen LogP contribution in [0.1, 0.15) is 44.9 Å². The van der Waals surface area contributed by atoms with Gasteiger partial charge in [0.2, 0.25) is 21.8 Å². The first-order valence-corrected chi connectivity index (χ1v) is 12.8. The van der Waals surface area contributed by atoms with Gasteiger partial charge in [-0.15, -0.1) is 0 Å². The van der Waals surface area contributed by atoms with Crippen LogP contribution in [0.2, 0.25) is 0 Å². The second-order valence-corrected chi connectivity index (χ2v) is 12.6. The SMILES string of the molecule is CN(CC1(C(=O)NC2[C@@H]3CC4C[C@H]2CC(C(N)=O)(C4)C3)CC1)S(=O)(=O)c1ccccc1F. The number of rotatable bonds is 7. The fraction of sp³-hybridized carbons (Fsp3) is 0.652. The highest BCUT2D eigenvalue weighted by Gasteiger charge is 2.59. The predicted molar refractivity (Wildman–Crippen MR) is 115 cm³/mol. The van der Waals surface area contributed by atoms with Crippen LogP contribution in [0, 0.1) is 34.4 Å². The van der Waals surface area contributed by atoms with Gasteiger partial charge in [0.25, 0.3) is 0 Å². The summed E-state index contributed by atoms with van der Waals surface area (Å²) in [6, 6.07) is 5.29. The molecule has 7 nitrogen and oxygen atoms in total. The Morgan fingerprint density at radius 1 is 1.16 bits per heavy atom. The molecule has 3 unspecified atom stereocenters. The predicted octanol–water partition coefficient (Wildman–Crippen LogP) is 2.02. The largest absolute Gasteiger partial charge is 0.369 e. The minimum atomic E-state index is -4.04. The molecule has 5 aliphatic rings. The van der Waals surface area contributed by atoms with Gasteiger partial charge in [-0.25, -0.2) is 12.8 Å². The van der Waals surface area contributed by atoms with Gasteiger partial charge in [0.1, 0.15) is 10.7 Å². The molecular formula is C23H30FN3O4S. The average Bonchev–Trinajstić information content (AvgIpc) is 3.51. The molecule has 5 atom stereocenters. The summed E-state index contributed by atoms with van der Waals surface area (Å²) in [4.78, 5) is 25.1. The minimum absolute atomic E-state index is 0.0116. The van der Waals surface area contributed by atoms with Crippen LogP contribution in [0.5, 0.6) is 0 Å². The fourth-order valence-electron chi connectivity index (χ4n) is 6.81. The zero-order valence-electron chi connectivity index (χ0n) is 18.2. The lowest BCUT2D eigenvalue weighted by Gasteiger charge is -2.59. The topological polar surface area (TPSA) is 110 Å². The molecule has 0 aliphatic heterocycles. The van der Waals surface area contributed by atoms with E-state index in [0.29, 0.717) is 18.8 Å². The Morgan fingerprint density at radius 2 is 1.78 bits per heavy atom. The first-order valence-electron chi connectivity index (χ1n) is 11.4. The maximum absolute atomic E-state index is 14.1. The van der Waals surface area contributed by atoms with E-state index in [9.17, 15) is 22.4 Å². The molecule has 1 aromatic carbocycles. The highest BCUT2D eigenvalue weighted by atomic mass is 32.2. The standard InChI is InChI=1S/C23H30FN3O4S/c1-27(32(30,31)18-5-3-2-4-17(18)24)13-22(6-7-22)21(29)26-19-15-8-14-9-16(19)12-23(10-14,11-15)20(25)28/h2-5,14-16,19H,6-13H2,1H3,(H2,25,28)(H,26,29)/t14?,15-,16+,19?,23?. The van der Waals surface area contributed by atoms with E-state index >= 15 is 0 Å². The van der Waals surface area contributed by atoms with Gasteiger partial charge in [0.15, 0.2) is 0 Å². The number of nitrogens with two attached hydrogens (primary N) is 1. The molecule has 0 saturated heterocycles. The summed E-state index contributed by atoms with van der Waals surface area (Å²) in [5, 5.41) is 3.24. The maximum atomic E-state index is 14.1. The smallest absolute Gasteiger partial charge is 0.245 e. The number of sulfonamides is 1. The quantitative estimate of drug-likeness (QED) is 0.645. The van der Waals surface area contributed by atoms with Gasteiger partial charge in [0.05, 0.1) is 5.41 Å². The van der Waals surface area contributed by atoms with E-state index < -0.39 is 26.7 Å². The van der Waals surface area contributed by atoms with Crippen LogP contribution in [-0.2, 0) is 19.6 Å². The number of hydrogen-bond donors (Lipinski definition) is 2. The van der Waals surface area contributed by atoms with Crippen molar-refractivity contribution in [2.24, 2.45) is 34.3 Å². The van der Waals surface area contributed by atoms with Gasteiger partial charge in [-0.2, -0.15) is 4.31 Å². The van der Waals surface area contributed by atoms with Crippen molar-refractivity contribution < 1.29 is 22.4 Å². The number of carbonyl (C=O) groups is 2. The minimum Gasteiger partial charge on any atom is -0.369 e. The summed E-state index contributed by atoms with van der Waals surface area (Å²) in [6.07, 6.45) is 5.55. The molecule has 0 radical (unpaired) electrons. The van der Waals surface area contributed by atoms with Gasteiger partial charge in [0, 0.05) is 25.0 Å². The number of carbonyl (C=O) groups excluding carboxylic acids is 2. The van der Waals surface area contributed by atoms with Gasteiger partial charge in [-0.3, -0.25) is 9.59 Å². The lowest BCUT2D eigenvalue weighted by Crippen LogP contribution is -2.62. The molecule has 5 aliphatic carbocycles. The monoisotopic (exact) mass is 463 g/mol. The summed E-state index contributed by atoms with van der Waals surface area (Å²) in [6.45, 7) is 0.0192. The van der Waals surface area contributed by atoms with Crippen molar-refractivity contribution in [2.75, 3.05) is 13.6 Å². The summed E-state index contributed by atoms with van der Waals surface area (Å²) in [5.41, 5.74) is 4.57. The van der Waals surface area contributed by atoms with Crippen LogP contribution in [0.25, 0.3) is 0 Å². The van der Waals surface area contributed by atoms with E-state index in [1.807, 2.05) is 0 Å². The highest BCUT2D eigenvalue weighted by molar-refractivity contribution is 7.89. The molecule has 6 rings (SSSR count). The Hall–Kier alpha value is -2.00. The van der Waals surface area contributed by atoms with Crippen molar-refractivity contribution in [3.8, 4) is 0 Å². The average molecular weight is 464 g/mol. The van der Waals surface area contributed by atoms with Crippen LogP contribution >= 0.6 is 0 Å². The third kappa shape index (κ3) is 3.36. The summed E-state index contributed by atoms with van der Waals surface area (Å²) < 4.78 is 41.0. The summed E-state index contributed by atoms with van der Waals surface area (Å²) in [5.74, 6) is -0.147. The van der Waals surface area contributed by atoms with Gasteiger partial charge < -0.3 is 11.1 Å². The second kappa shape index (κ2) is 7.25. The van der Waals surface area contributed by atoms with E-state index in [4.69, 9.17) is 5.73 Å². The van der Waals surface area contributed by atoms with E-state index in [0.717, 1.165) is 42.5 Å². The van der Waals surface area contributed by atoms with Crippen LogP contribution in [-0.4, -0.2) is 44.2 Å². The molecular weight excluding hydrogens is 433 g/mol. The Morgan fingerprint density at radius 3 is 2.34 bits per heavy atom. The zero-order chi connectivity index (χ0) is 22.9. The van der Waals surface area contributed by atoms with Crippen LogP contribution in [0.15, 0.2) is 29.2 Å². The normalized spacial score (nSPS) is 34.5. The highest BCUT2D eigenvalue weighted by Crippen LogP contribution is 2.60. The molecule has 4 bridgehead atoms. The Labute approximate surface area is 188 Å². The molecule has 2 amide bonds. The Balaban J connectivity index is 1.29. The van der Waals surface area contributed by atoms with Crippen molar-refractivity contribution in [3.63, 3.8) is 0 Å². The second-order valence-electron chi connectivity index (χ2n) is 10.6. The third-order valence-electron chi connectivity index (χ3n) is 8.48. The van der Waals surface area contributed by atoms with E-state index in [2.05, 4.69) is 5.32 Å². The first kappa shape index (κ1) is 21.8. The number of benzene rings is 1. The molecule has 0 heterocycles. The number of amides is 2. The van der Waals surface area contributed by atoms with E-state index in [1.165, 1.54) is 25.2 Å². The van der Waals surface area contributed by atoms with Gasteiger partial charge in [-0.05, 0) is 74.8 Å². The lowest BCUT2D eigenvalue weighted by atomic mass is 9.47. The molecule has 3 N–H and O–H groups in total. The Kier molecular flexibility index (Phi) is 4.94. The van der Waals surface area contributed by atoms with E-state index in [1.54, 1.807) is 0 Å². The van der Waals surface area contributed by atoms with E-state index in [-0.39, 0.29) is 41.1 Å². The molecule has 1 aromatic rings. The van der Waals surface area contributed by atoms with Crippen molar-refractivity contribution in [1.29, 1.82) is 0 Å². The van der Waals surface area contributed by atoms with Crippen LogP contribution < -0.4 is 11.1 Å². The van der Waals surface area contributed by atoms with Gasteiger partial charge in [-0.1, -0.05) is 12.1 Å². The molecule has 0 spiro atoms. The lowest BCUT2D eigenvalue weighted by molar-refractivity contribution is -0.148. The number of nitrogens with one attached hydrogen (secondary N) is 1. The molecule has 0 aromatic heterocycles. The van der Waals surface area contributed by atoms with Crippen molar-refractivity contribution in [1.82, 2.24) is 9.62 Å². The van der Waals surface area contributed by atoms with Gasteiger partial charge >= 0.3 is 0 Å². The summed E-state index contributed by atoms with van der Waals surface area (Å²) >= 11 is 0. The van der Waals surface area contributed by atoms with Crippen molar-refractivity contribution >= 4 is 21.8 Å². The number of hydrogen-bond acceptors (Lipinski definition) is 4.